The second-order valence-corrected chi connectivity index (χ2v) is 9.67. The molecule has 0 saturated carbocycles. The summed E-state index contributed by atoms with van der Waals surface area (Å²) in [4.78, 5) is 13.6. The molecule has 2 aliphatic heterocycles. The van der Waals surface area contributed by atoms with Crippen molar-refractivity contribution in [2.75, 3.05) is 6.54 Å². The van der Waals surface area contributed by atoms with E-state index in [0.717, 1.165) is 10.9 Å². The van der Waals surface area contributed by atoms with Crippen LogP contribution in [0.5, 0.6) is 0 Å². The fourth-order valence-corrected chi connectivity index (χ4v) is 5.58. The Hall–Kier alpha value is 1.61. The molecule has 2 nitrogen and oxygen atoms in total. The Bertz CT molecular complexity index is 352. The van der Waals surface area contributed by atoms with Gasteiger partial charge in [-0.1, -0.05) is 63.7 Å². The molecule has 2 aliphatic rings. The van der Waals surface area contributed by atoms with E-state index < -0.39 is 4.45 Å². The number of hydrogen-bond acceptors (Lipinski definition) is 1. The number of rotatable bonds is 0. The normalized spacial score (nSPS) is 35.5. The molecule has 0 aromatic rings. The molecule has 1 amide bonds. The SMILES string of the molecule is O=C1C(Br)=C(Br)C2(Br)N1CCC2(Br)Br. The Labute approximate surface area is 123 Å². The van der Waals surface area contributed by atoms with Crippen LogP contribution in [0.25, 0.3) is 0 Å². The maximum absolute atomic E-state index is 11.8. The van der Waals surface area contributed by atoms with Crippen LogP contribution in [0.1, 0.15) is 6.42 Å². The highest BCUT2D eigenvalue weighted by molar-refractivity contribution is 9.26. The smallest absolute Gasteiger partial charge is 0.263 e. The van der Waals surface area contributed by atoms with Gasteiger partial charge < -0.3 is 4.90 Å². The van der Waals surface area contributed by atoms with Gasteiger partial charge in [0, 0.05) is 6.54 Å². The van der Waals surface area contributed by atoms with E-state index in [0.29, 0.717) is 11.0 Å². The summed E-state index contributed by atoms with van der Waals surface area (Å²) in [5.74, 6) is 0.00882. The minimum atomic E-state index is -0.518. The van der Waals surface area contributed by atoms with Gasteiger partial charge in [0.15, 0.2) is 4.45 Å². The summed E-state index contributed by atoms with van der Waals surface area (Å²) in [6.07, 6.45) is 0.847. The van der Waals surface area contributed by atoms with Crippen LogP contribution in [0.4, 0.5) is 0 Å². The van der Waals surface area contributed by atoms with Crippen LogP contribution < -0.4 is 0 Å². The third kappa shape index (κ3) is 1.31. The fraction of sp³-hybridized carbons (Fsp3) is 0.571. The third-order valence-electron chi connectivity index (χ3n) is 2.42. The van der Waals surface area contributed by atoms with Crippen molar-refractivity contribution in [3.8, 4) is 0 Å². The molecule has 0 aromatic carbocycles. The summed E-state index contributed by atoms with van der Waals surface area (Å²) in [5.41, 5.74) is 0. The van der Waals surface area contributed by atoms with Crippen LogP contribution in [0.2, 0.25) is 0 Å². The summed E-state index contributed by atoms with van der Waals surface area (Å²) in [6, 6.07) is 0. The van der Waals surface area contributed by atoms with Crippen LogP contribution in [-0.4, -0.2) is 25.0 Å². The number of carbonyl (C=O) groups excluding carboxylic acids is 1. The molecule has 0 aromatic heterocycles. The zero-order valence-electron chi connectivity index (χ0n) is 6.66. The van der Waals surface area contributed by atoms with E-state index in [1.807, 2.05) is 0 Å². The van der Waals surface area contributed by atoms with Gasteiger partial charge in [0.1, 0.15) is 3.23 Å². The molecule has 0 radical (unpaired) electrons. The maximum Gasteiger partial charge on any atom is 0.263 e. The summed E-state index contributed by atoms with van der Waals surface area (Å²) >= 11 is 17.5. The first-order valence-electron chi connectivity index (χ1n) is 3.77. The van der Waals surface area contributed by atoms with Gasteiger partial charge in [-0.05, 0) is 22.4 Å². The van der Waals surface area contributed by atoms with Gasteiger partial charge in [-0.2, -0.15) is 0 Å². The van der Waals surface area contributed by atoms with Gasteiger partial charge in [0.25, 0.3) is 5.91 Å². The van der Waals surface area contributed by atoms with Crippen LogP contribution in [0, 0.1) is 0 Å². The van der Waals surface area contributed by atoms with Crippen molar-refractivity contribution >= 4 is 85.6 Å². The number of alkyl halides is 3. The fourth-order valence-electron chi connectivity index (χ4n) is 1.65. The number of hydrogen-bond donors (Lipinski definition) is 0. The number of halogens is 5. The first kappa shape index (κ1) is 12.1. The second kappa shape index (κ2) is 3.55. The van der Waals surface area contributed by atoms with E-state index in [1.54, 1.807) is 4.90 Å². The summed E-state index contributed by atoms with van der Waals surface area (Å²) in [7, 11) is 0. The Kier molecular flexibility index (Phi) is 3.06. The number of nitrogens with zero attached hydrogens (tertiary/aromatic N) is 1. The lowest BCUT2D eigenvalue weighted by Gasteiger charge is -2.34. The molecule has 1 atom stereocenters. The summed E-state index contributed by atoms with van der Waals surface area (Å²) in [5, 5.41) is 0. The van der Waals surface area contributed by atoms with Crippen LogP contribution in [0.3, 0.4) is 0 Å². The highest BCUT2D eigenvalue weighted by atomic mass is 79.9. The summed E-state index contributed by atoms with van der Waals surface area (Å²) in [6.45, 7) is 0.713. The molecule has 2 heterocycles. The van der Waals surface area contributed by atoms with E-state index in [4.69, 9.17) is 0 Å². The molecular weight excluding hydrogens is 514 g/mol. The Balaban J connectivity index is 2.59. The Morgan fingerprint density at radius 1 is 1.21 bits per heavy atom. The highest BCUT2D eigenvalue weighted by Gasteiger charge is 2.63. The van der Waals surface area contributed by atoms with Gasteiger partial charge in [0.2, 0.25) is 0 Å². The molecule has 0 spiro atoms. The molecule has 1 saturated heterocycles. The minimum absolute atomic E-state index is 0.00882. The van der Waals surface area contributed by atoms with Crippen molar-refractivity contribution in [1.82, 2.24) is 4.90 Å². The molecule has 78 valence electrons. The predicted molar refractivity (Wildman–Crippen MR) is 73.5 cm³/mol. The standard InChI is InChI=1S/C7H4Br5NO/c8-3-4(9)7(12)6(10,11)1-2-13(7)5(3)14/h1-2H2. The molecule has 0 bridgehead atoms. The van der Waals surface area contributed by atoms with Crippen molar-refractivity contribution < 1.29 is 4.79 Å². The van der Waals surface area contributed by atoms with Crippen molar-refractivity contribution in [2.24, 2.45) is 0 Å². The molecule has 1 fully saturated rings. The number of amides is 1. The topological polar surface area (TPSA) is 20.3 Å². The lowest BCUT2D eigenvalue weighted by molar-refractivity contribution is -0.125. The number of fused-ring (bicyclic) bond motifs is 1. The van der Waals surface area contributed by atoms with Gasteiger partial charge in [-0.15, -0.1) is 0 Å². The lowest BCUT2D eigenvalue weighted by atomic mass is 10.2. The predicted octanol–water partition coefficient (Wildman–Crippen LogP) is 3.81. The first-order valence-corrected chi connectivity index (χ1v) is 7.73. The second-order valence-electron chi connectivity index (χ2n) is 3.16. The quantitative estimate of drug-likeness (QED) is 0.354. The van der Waals surface area contributed by atoms with E-state index in [-0.39, 0.29) is 9.14 Å². The number of carbonyl (C=O) groups is 1. The average Bonchev–Trinajstić information content (AvgIpc) is 2.44. The molecule has 0 aliphatic carbocycles. The van der Waals surface area contributed by atoms with E-state index in [9.17, 15) is 4.79 Å². The summed E-state index contributed by atoms with van der Waals surface area (Å²) < 4.78 is 0.561. The van der Waals surface area contributed by atoms with Gasteiger partial charge >= 0.3 is 0 Å². The third-order valence-corrected chi connectivity index (χ3v) is 9.70. The highest BCUT2D eigenvalue weighted by Crippen LogP contribution is 2.62. The average molecular weight is 518 g/mol. The molecular formula is C7H4Br5NO. The maximum atomic E-state index is 11.8. The van der Waals surface area contributed by atoms with Gasteiger partial charge in [-0.25, -0.2) is 0 Å². The van der Waals surface area contributed by atoms with E-state index in [1.165, 1.54) is 0 Å². The minimum Gasteiger partial charge on any atom is -0.316 e. The first-order chi connectivity index (χ1) is 6.32. The van der Waals surface area contributed by atoms with Crippen LogP contribution in [-0.2, 0) is 4.79 Å². The van der Waals surface area contributed by atoms with Gasteiger partial charge in [-0.3, -0.25) is 4.79 Å². The largest absolute Gasteiger partial charge is 0.316 e. The zero-order chi connectivity index (χ0) is 10.7. The van der Waals surface area contributed by atoms with Gasteiger partial charge in [0.05, 0.1) is 8.96 Å². The molecule has 0 N–H and O–H groups in total. The van der Waals surface area contributed by atoms with E-state index in [2.05, 4.69) is 79.6 Å². The van der Waals surface area contributed by atoms with Crippen molar-refractivity contribution in [3.63, 3.8) is 0 Å². The molecule has 14 heavy (non-hydrogen) atoms. The van der Waals surface area contributed by atoms with Crippen molar-refractivity contribution in [2.45, 2.75) is 14.1 Å². The van der Waals surface area contributed by atoms with Crippen molar-refractivity contribution in [1.29, 1.82) is 0 Å². The molecule has 7 heteroatoms. The van der Waals surface area contributed by atoms with E-state index >= 15 is 0 Å². The Morgan fingerprint density at radius 2 is 1.79 bits per heavy atom. The molecule has 1 unspecified atom stereocenters. The Morgan fingerprint density at radius 3 is 2.29 bits per heavy atom. The van der Waals surface area contributed by atoms with Crippen LogP contribution >= 0.6 is 79.6 Å². The lowest BCUT2D eigenvalue weighted by Crippen LogP contribution is -2.45. The van der Waals surface area contributed by atoms with Crippen molar-refractivity contribution in [3.05, 3.63) is 8.96 Å². The molecule has 2 rings (SSSR count). The van der Waals surface area contributed by atoms with Crippen LogP contribution in [0.15, 0.2) is 8.96 Å². The zero-order valence-corrected chi connectivity index (χ0v) is 14.6. The monoisotopic (exact) mass is 513 g/mol.